The maximum atomic E-state index is 11.7. The van der Waals surface area contributed by atoms with E-state index in [0.717, 1.165) is 17.8 Å². The van der Waals surface area contributed by atoms with Gasteiger partial charge in [-0.3, -0.25) is 4.79 Å². The summed E-state index contributed by atoms with van der Waals surface area (Å²) in [6, 6.07) is 0.452. The average molecular weight is 225 g/mol. The van der Waals surface area contributed by atoms with Crippen LogP contribution in [0.15, 0.2) is 11.6 Å². The molecular weight excluding hydrogens is 210 g/mol. The lowest BCUT2D eigenvalue weighted by atomic mass is 10.2. The first-order valence-corrected chi connectivity index (χ1v) is 6.02. The summed E-state index contributed by atoms with van der Waals surface area (Å²) in [7, 11) is 0. The van der Waals surface area contributed by atoms with Gasteiger partial charge in [-0.05, 0) is 19.8 Å². The lowest BCUT2D eigenvalue weighted by Crippen LogP contribution is -2.39. The van der Waals surface area contributed by atoms with E-state index in [1.807, 2.05) is 17.2 Å². The van der Waals surface area contributed by atoms with Gasteiger partial charge in [-0.2, -0.15) is 0 Å². The molecule has 0 bridgehead atoms. The first-order valence-electron chi connectivity index (χ1n) is 5.14. The molecule has 0 spiro atoms. The number of hydrogen-bond donors (Lipinski definition) is 1. The van der Waals surface area contributed by atoms with Crippen LogP contribution in [0.4, 0.5) is 0 Å². The molecule has 1 unspecified atom stereocenters. The standard InChI is InChI=1S/C10H15N3OS/c1-7(10-12-4-5-15-10)13(8-2-3-8)9(14)6-11/h4-5,7-8H,2-3,6,11H2,1H3. The van der Waals surface area contributed by atoms with E-state index in [1.165, 1.54) is 0 Å². The second-order valence-electron chi connectivity index (χ2n) is 3.78. The smallest absolute Gasteiger partial charge is 0.237 e. The number of thiazole rings is 1. The molecule has 5 heteroatoms. The molecule has 82 valence electrons. The molecular formula is C10H15N3OS. The van der Waals surface area contributed by atoms with Crippen LogP contribution in [0.3, 0.4) is 0 Å². The number of rotatable bonds is 4. The molecule has 2 N–H and O–H groups in total. The van der Waals surface area contributed by atoms with Gasteiger partial charge in [0.2, 0.25) is 5.91 Å². The zero-order chi connectivity index (χ0) is 10.8. The molecule has 1 aromatic heterocycles. The van der Waals surface area contributed by atoms with E-state index in [4.69, 9.17) is 5.73 Å². The number of carbonyl (C=O) groups is 1. The Kier molecular flexibility index (Phi) is 3.02. The van der Waals surface area contributed by atoms with Gasteiger partial charge in [0.05, 0.1) is 12.6 Å². The number of carbonyl (C=O) groups excluding carboxylic acids is 1. The number of nitrogens with two attached hydrogens (primary N) is 1. The van der Waals surface area contributed by atoms with Crippen LogP contribution in [0.2, 0.25) is 0 Å². The molecule has 1 aliphatic rings. The molecule has 0 aromatic carbocycles. The zero-order valence-electron chi connectivity index (χ0n) is 8.72. The highest BCUT2D eigenvalue weighted by molar-refractivity contribution is 7.09. The van der Waals surface area contributed by atoms with Crippen molar-refractivity contribution in [1.82, 2.24) is 9.88 Å². The van der Waals surface area contributed by atoms with Crippen molar-refractivity contribution < 1.29 is 4.79 Å². The molecule has 1 atom stereocenters. The Balaban J connectivity index is 2.14. The lowest BCUT2D eigenvalue weighted by Gasteiger charge is -2.27. The van der Waals surface area contributed by atoms with Crippen LogP contribution in [0, 0.1) is 0 Å². The summed E-state index contributed by atoms with van der Waals surface area (Å²) >= 11 is 1.59. The van der Waals surface area contributed by atoms with Crippen molar-refractivity contribution in [1.29, 1.82) is 0 Å². The average Bonchev–Trinajstić information content (AvgIpc) is 2.92. The number of hydrogen-bond acceptors (Lipinski definition) is 4. The van der Waals surface area contributed by atoms with E-state index in [2.05, 4.69) is 4.98 Å². The summed E-state index contributed by atoms with van der Waals surface area (Å²) < 4.78 is 0. The van der Waals surface area contributed by atoms with Gasteiger partial charge in [-0.1, -0.05) is 0 Å². The monoisotopic (exact) mass is 225 g/mol. The summed E-state index contributed by atoms with van der Waals surface area (Å²) in [5, 5.41) is 2.92. The van der Waals surface area contributed by atoms with Crippen LogP contribution >= 0.6 is 11.3 Å². The zero-order valence-corrected chi connectivity index (χ0v) is 9.54. The minimum Gasteiger partial charge on any atom is -0.329 e. The van der Waals surface area contributed by atoms with Crippen LogP contribution < -0.4 is 5.73 Å². The van der Waals surface area contributed by atoms with Gasteiger partial charge in [0.15, 0.2) is 0 Å². The predicted octanol–water partition coefficient (Wildman–Crippen LogP) is 1.15. The molecule has 1 amide bonds. The molecule has 1 aliphatic carbocycles. The summed E-state index contributed by atoms with van der Waals surface area (Å²) in [5.41, 5.74) is 5.42. The van der Waals surface area contributed by atoms with Crippen molar-refractivity contribution in [2.75, 3.05) is 6.54 Å². The van der Waals surface area contributed by atoms with Crippen molar-refractivity contribution in [3.63, 3.8) is 0 Å². The maximum absolute atomic E-state index is 11.7. The van der Waals surface area contributed by atoms with E-state index in [1.54, 1.807) is 17.5 Å². The Morgan fingerprint density at radius 1 is 1.80 bits per heavy atom. The van der Waals surface area contributed by atoms with Gasteiger partial charge < -0.3 is 10.6 Å². The Labute approximate surface area is 93.1 Å². The Morgan fingerprint density at radius 3 is 3.00 bits per heavy atom. The van der Waals surface area contributed by atoms with E-state index in [-0.39, 0.29) is 18.5 Å². The fourth-order valence-corrected chi connectivity index (χ4v) is 2.45. The SMILES string of the molecule is CC(c1nccs1)N(C(=O)CN)C1CC1. The van der Waals surface area contributed by atoms with Crippen LogP contribution in [0.25, 0.3) is 0 Å². The van der Waals surface area contributed by atoms with Gasteiger partial charge in [0.1, 0.15) is 5.01 Å². The second kappa shape index (κ2) is 4.28. The van der Waals surface area contributed by atoms with Crippen LogP contribution in [-0.4, -0.2) is 28.4 Å². The van der Waals surface area contributed by atoms with E-state index in [0.29, 0.717) is 6.04 Å². The Morgan fingerprint density at radius 2 is 2.53 bits per heavy atom. The van der Waals surface area contributed by atoms with Gasteiger partial charge in [-0.25, -0.2) is 4.98 Å². The molecule has 1 heterocycles. The molecule has 15 heavy (non-hydrogen) atoms. The van der Waals surface area contributed by atoms with Gasteiger partial charge >= 0.3 is 0 Å². The highest BCUT2D eigenvalue weighted by Gasteiger charge is 2.36. The Hall–Kier alpha value is -0.940. The van der Waals surface area contributed by atoms with Gasteiger partial charge in [-0.15, -0.1) is 11.3 Å². The van der Waals surface area contributed by atoms with Crippen molar-refractivity contribution in [3.05, 3.63) is 16.6 Å². The summed E-state index contributed by atoms with van der Waals surface area (Å²) in [5.74, 6) is 0.0280. The molecule has 0 saturated heterocycles. The molecule has 2 rings (SSSR count). The molecule has 0 aliphatic heterocycles. The quantitative estimate of drug-likeness (QED) is 0.836. The molecule has 1 fully saturated rings. The topological polar surface area (TPSA) is 59.2 Å². The fraction of sp³-hybridized carbons (Fsp3) is 0.600. The number of nitrogens with zero attached hydrogens (tertiary/aromatic N) is 2. The minimum atomic E-state index is 0.0280. The second-order valence-corrected chi connectivity index (χ2v) is 4.71. The van der Waals surface area contributed by atoms with Crippen LogP contribution in [0.1, 0.15) is 30.8 Å². The number of aromatic nitrogens is 1. The molecule has 1 aromatic rings. The third-order valence-corrected chi connectivity index (χ3v) is 3.57. The highest BCUT2D eigenvalue weighted by Crippen LogP contribution is 2.34. The fourth-order valence-electron chi connectivity index (χ4n) is 1.75. The third-order valence-electron chi connectivity index (χ3n) is 2.63. The van der Waals surface area contributed by atoms with Gasteiger partial charge in [0, 0.05) is 17.6 Å². The van der Waals surface area contributed by atoms with E-state index in [9.17, 15) is 4.79 Å². The number of amides is 1. The maximum Gasteiger partial charge on any atom is 0.237 e. The molecule has 0 radical (unpaired) electrons. The third kappa shape index (κ3) is 2.18. The first kappa shape index (κ1) is 10.6. The first-order chi connectivity index (χ1) is 7.24. The van der Waals surface area contributed by atoms with Crippen molar-refractivity contribution in [2.45, 2.75) is 31.8 Å². The minimum absolute atomic E-state index is 0.0280. The van der Waals surface area contributed by atoms with Crippen molar-refractivity contribution >= 4 is 17.2 Å². The van der Waals surface area contributed by atoms with E-state index < -0.39 is 0 Å². The largest absolute Gasteiger partial charge is 0.329 e. The lowest BCUT2D eigenvalue weighted by molar-refractivity contribution is -0.132. The predicted molar refractivity (Wildman–Crippen MR) is 59.5 cm³/mol. The summed E-state index contributed by atoms with van der Waals surface area (Å²) in [6.07, 6.45) is 3.97. The Bertz CT molecular complexity index is 334. The van der Waals surface area contributed by atoms with Crippen molar-refractivity contribution in [2.24, 2.45) is 5.73 Å². The summed E-state index contributed by atoms with van der Waals surface area (Å²) in [4.78, 5) is 17.8. The highest BCUT2D eigenvalue weighted by atomic mass is 32.1. The molecule has 4 nitrogen and oxygen atoms in total. The van der Waals surface area contributed by atoms with Gasteiger partial charge in [0.25, 0.3) is 0 Å². The van der Waals surface area contributed by atoms with Crippen LogP contribution in [-0.2, 0) is 4.79 Å². The van der Waals surface area contributed by atoms with Crippen LogP contribution in [0.5, 0.6) is 0 Å². The summed E-state index contributed by atoms with van der Waals surface area (Å²) in [6.45, 7) is 2.11. The van der Waals surface area contributed by atoms with E-state index >= 15 is 0 Å². The molecule has 1 saturated carbocycles. The van der Waals surface area contributed by atoms with Crippen molar-refractivity contribution in [3.8, 4) is 0 Å². The normalized spacial score (nSPS) is 17.5.